The van der Waals surface area contributed by atoms with Crippen molar-refractivity contribution in [3.8, 4) is 17.2 Å². The van der Waals surface area contributed by atoms with Crippen molar-refractivity contribution in [2.45, 2.75) is 6.42 Å². The summed E-state index contributed by atoms with van der Waals surface area (Å²) < 4.78 is 17.7. The van der Waals surface area contributed by atoms with Crippen LogP contribution in [0.15, 0.2) is 42.7 Å². The Morgan fingerprint density at radius 2 is 1.96 bits per heavy atom. The lowest BCUT2D eigenvalue weighted by molar-refractivity contribution is 0.0948. The van der Waals surface area contributed by atoms with Gasteiger partial charge in [0.05, 0.1) is 30.9 Å². The van der Waals surface area contributed by atoms with Crippen LogP contribution < -0.4 is 14.8 Å². The fraction of sp³-hybridized carbons (Fsp3) is 0.300. The molecule has 1 N–H and O–H groups in total. The van der Waals surface area contributed by atoms with E-state index < -0.39 is 0 Å². The first-order valence-corrected chi connectivity index (χ1v) is 8.64. The molecule has 1 aromatic heterocycles. The third-order valence-corrected chi connectivity index (χ3v) is 4.27. The van der Waals surface area contributed by atoms with E-state index in [9.17, 15) is 4.79 Å². The Labute approximate surface area is 157 Å². The van der Waals surface area contributed by atoms with E-state index in [1.165, 1.54) is 0 Å². The first kappa shape index (κ1) is 18.7. The summed E-state index contributed by atoms with van der Waals surface area (Å²) in [5.74, 6) is 1.30. The molecule has 0 aliphatic heterocycles. The number of carbonyl (C=O) groups excluding carboxylic acids is 1. The van der Waals surface area contributed by atoms with Crippen molar-refractivity contribution in [2.75, 3.05) is 34.5 Å². The number of amides is 1. The highest BCUT2D eigenvalue weighted by Gasteiger charge is 2.13. The van der Waals surface area contributed by atoms with Crippen LogP contribution in [0, 0.1) is 0 Å². The predicted molar refractivity (Wildman–Crippen MR) is 103 cm³/mol. The largest absolute Gasteiger partial charge is 0.497 e. The molecule has 0 aliphatic rings. The van der Waals surface area contributed by atoms with Crippen molar-refractivity contribution in [3.63, 3.8) is 0 Å². The Hall–Kier alpha value is -3.06. The van der Waals surface area contributed by atoms with Crippen molar-refractivity contribution in [1.29, 1.82) is 0 Å². The molecule has 1 heterocycles. The Morgan fingerprint density at radius 3 is 2.70 bits per heavy atom. The summed E-state index contributed by atoms with van der Waals surface area (Å²) in [4.78, 5) is 16.7. The summed E-state index contributed by atoms with van der Waals surface area (Å²) in [6.07, 6.45) is 2.48. The van der Waals surface area contributed by atoms with Gasteiger partial charge in [-0.25, -0.2) is 4.98 Å². The molecule has 7 heteroatoms. The summed E-state index contributed by atoms with van der Waals surface area (Å²) in [7, 11) is 4.88. The van der Waals surface area contributed by atoms with E-state index in [1.54, 1.807) is 39.8 Å². The number of nitrogens with one attached hydrogen (secondary N) is 1. The maximum Gasteiger partial charge on any atom is 0.251 e. The van der Waals surface area contributed by atoms with Gasteiger partial charge in [-0.15, -0.1) is 0 Å². The second-order valence-corrected chi connectivity index (χ2v) is 5.96. The normalized spacial score (nSPS) is 10.8. The van der Waals surface area contributed by atoms with Crippen LogP contribution in [0.4, 0.5) is 0 Å². The Bertz CT molecular complexity index is 936. The molecule has 3 aromatic rings. The zero-order valence-corrected chi connectivity index (χ0v) is 15.7. The lowest BCUT2D eigenvalue weighted by Gasteiger charge is -2.12. The van der Waals surface area contributed by atoms with Crippen molar-refractivity contribution >= 4 is 16.9 Å². The maximum absolute atomic E-state index is 12.3. The highest BCUT2D eigenvalue weighted by Crippen LogP contribution is 2.30. The number of aromatic nitrogens is 2. The van der Waals surface area contributed by atoms with Crippen LogP contribution in [0.3, 0.4) is 0 Å². The lowest BCUT2D eigenvalue weighted by Crippen LogP contribution is -2.25. The number of ether oxygens (including phenoxy) is 3. The van der Waals surface area contributed by atoms with E-state index in [-0.39, 0.29) is 5.91 Å². The van der Waals surface area contributed by atoms with E-state index in [0.717, 1.165) is 28.9 Å². The topological polar surface area (TPSA) is 74.6 Å². The van der Waals surface area contributed by atoms with Gasteiger partial charge in [-0.2, -0.15) is 0 Å². The van der Waals surface area contributed by atoms with Crippen LogP contribution in [0.5, 0.6) is 11.5 Å². The molecule has 142 valence electrons. The standard InChI is InChI=1S/C20H23N3O4/c1-25-10-4-9-21-20(24)14-5-7-17-16(11-14)22-13-23(17)18-12-15(26-2)6-8-19(18)27-3/h5-8,11-13H,4,9-10H2,1-3H3,(H,21,24). The van der Waals surface area contributed by atoms with Gasteiger partial charge < -0.3 is 19.5 Å². The molecule has 0 bridgehead atoms. The average molecular weight is 369 g/mol. The highest BCUT2D eigenvalue weighted by atomic mass is 16.5. The number of fused-ring (bicyclic) bond motifs is 1. The van der Waals surface area contributed by atoms with Gasteiger partial charge in [-0.3, -0.25) is 9.36 Å². The molecular weight excluding hydrogens is 346 g/mol. The van der Waals surface area contributed by atoms with Crippen molar-refractivity contribution in [1.82, 2.24) is 14.9 Å². The number of imidazole rings is 1. The summed E-state index contributed by atoms with van der Waals surface area (Å²) in [6, 6.07) is 11.0. The quantitative estimate of drug-likeness (QED) is 0.618. The van der Waals surface area contributed by atoms with Crippen LogP contribution in [-0.4, -0.2) is 49.9 Å². The smallest absolute Gasteiger partial charge is 0.251 e. The minimum Gasteiger partial charge on any atom is -0.497 e. The monoisotopic (exact) mass is 369 g/mol. The number of hydrogen-bond acceptors (Lipinski definition) is 5. The highest BCUT2D eigenvalue weighted by molar-refractivity contribution is 5.97. The maximum atomic E-state index is 12.3. The second-order valence-electron chi connectivity index (χ2n) is 5.96. The molecule has 2 aromatic carbocycles. The third-order valence-electron chi connectivity index (χ3n) is 4.27. The molecule has 3 rings (SSSR count). The summed E-state index contributed by atoms with van der Waals surface area (Å²) in [6.45, 7) is 1.19. The second kappa shape index (κ2) is 8.55. The van der Waals surface area contributed by atoms with Gasteiger partial charge >= 0.3 is 0 Å². The fourth-order valence-corrected chi connectivity index (χ4v) is 2.85. The van der Waals surface area contributed by atoms with Gasteiger partial charge in [0.1, 0.15) is 17.8 Å². The summed E-state index contributed by atoms with van der Waals surface area (Å²) >= 11 is 0. The van der Waals surface area contributed by atoms with E-state index in [4.69, 9.17) is 14.2 Å². The molecule has 0 radical (unpaired) electrons. The average Bonchev–Trinajstić information content (AvgIpc) is 3.13. The van der Waals surface area contributed by atoms with Crippen LogP contribution in [0.2, 0.25) is 0 Å². The number of methoxy groups -OCH3 is 3. The predicted octanol–water partition coefficient (Wildman–Crippen LogP) is 2.81. The molecule has 0 fully saturated rings. The van der Waals surface area contributed by atoms with Gasteiger partial charge in [0.15, 0.2) is 0 Å². The number of hydrogen-bond donors (Lipinski definition) is 1. The van der Waals surface area contributed by atoms with Crippen molar-refractivity contribution in [3.05, 3.63) is 48.3 Å². The zero-order chi connectivity index (χ0) is 19.2. The molecular formula is C20H23N3O4. The van der Waals surface area contributed by atoms with Gasteiger partial charge in [0.25, 0.3) is 5.91 Å². The molecule has 27 heavy (non-hydrogen) atoms. The van der Waals surface area contributed by atoms with E-state index >= 15 is 0 Å². The molecule has 0 spiro atoms. The van der Waals surface area contributed by atoms with Crippen molar-refractivity contribution in [2.24, 2.45) is 0 Å². The number of carbonyl (C=O) groups is 1. The Morgan fingerprint density at radius 1 is 1.11 bits per heavy atom. The van der Waals surface area contributed by atoms with E-state index in [1.807, 2.05) is 28.8 Å². The number of rotatable bonds is 8. The first-order valence-electron chi connectivity index (χ1n) is 8.64. The van der Waals surface area contributed by atoms with Crippen LogP contribution in [0.1, 0.15) is 16.8 Å². The van der Waals surface area contributed by atoms with Crippen LogP contribution in [0.25, 0.3) is 16.7 Å². The molecule has 0 unspecified atom stereocenters. The van der Waals surface area contributed by atoms with Gasteiger partial charge in [-0.1, -0.05) is 0 Å². The number of nitrogens with zero attached hydrogens (tertiary/aromatic N) is 2. The molecule has 0 atom stereocenters. The molecule has 0 saturated carbocycles. The lowest BCUT2D eigenvalue weighted by atomic mass is 10.1. The third kappa shape index (κ3) is 4.03. The van der Waals surface area contributed by atoms with Crippen molar-refractivity contribution < 1.29 is 19.0 Å². The van der Waals surface area contributed by atoms with Crippen LogP contribution >= 0.6 is 0 Å². The van der Waals surface area contributed by atoms with Crippen LogP contribution in [-0.2, 0) is 4.74 Å². The summed E-state index contributed by atoms with van der Waals surface area (Å²) in [5, 5.41) is 2.88. The molecule has 0 aliphatic carbocycles. The SMILES string of the molecule is COCCCNC(=O)c1ccc2c(c1)ncn2-c1cc(OC)ccc1OC. The zero-order valence-electron chi connectivity index (χ0n) is 15.7. The first-order chi connectivity index (χ1) is 13.2. The number of benzene rings is 2. The van der Waals surface area contributed by atoms with E-state index in [2.05, 4.69) is 10.3 Å². The van der Waals surface area contributed by atoms with Gasteiger partial charge in [0, 0.05) is 31.9 Å². The minimum atomic E-state index is -0.124. The summed E-state index contributed by atoms with van der Waals surface area (Å²) in [5.41, 5.74) is 2.99. The molecule has 1 amide bonds. The van der Waals surface area contributed by atoms with Gasteiger partial charge in [0.2, 0.25) is 0 Å². The van der Waals surface area contributed by atoms with Gasteiger partial charge in [-0.05, 0) is 36.8 Å². The molecule has 0 saturated heterocycles. The Kier molecular flexibility index (Phi) is 5.93. The minimum absolute atomic E-state index is 0.124. The fourth-order valence-electron chi connectivity index (χ4n) is 2.85. The Balaban J connectivity index is 1.89. The molecule has 7 nitrogen and oxygen atoms in total. The van der Waals surface area contributed by atoms with E-state index in [0.29, 0.717) is 24.5 Å².